The van der Waals surface area contributed by atoms with Crippen LogP contribution in [-0.4, -0.2) is 21.3 Å². The summed E-state index contributed by atoms with van der Waals surface area (Å²) in [6, 6.07) is 0. The van der Waals surface area contributed by atoms with E-state index >= 15 is 0 Å². The molecule has 0 saturated carbocycles. The molecule has 0 atom stereocenters. The summed E-state index contributed by atoms with van der Waals surface area (Å²) in [7, 11) is 0. The topological polar surface area (TPSA) is 80.9 Å². The summed E-state index contributed by atoms with van der Waals surface area (Å²) in [6.07, 6.45) is 0. The number of aromatic nitrogens is 3. The Morgan fingerprint density at radius 3 is 2.87 bits per heavy atom. The molecular formula is C8H8N4O2S. The largest absolute Gasteiger partial charge is 0.361 e. The molecule has 0 bridgehead atoms. The van der Waals surface area contributed by atoms with E-state index in [9.17, 15) is 4.79 Å². The highest BCUT2D eigenvalue weighted by Gasteiger charge is 2.18. The molecule has 0 fully saturated rings. The Hall–Kier alpha value is -1.76. The Labute approximate surface area is 89.3 Å². The second-order valence-electron chi connectivity index (χ2n) is 2.90. The molecule has 0 aromatic carbocycles. The molecule has 2 aromatic heterocycles. The van der Waals surface area contributed by atoms with Crippen LogP contribution in [-0.2, 0) is 0 Å². The number of nitrogens with zero attached hydrogens (tertiary/aromatic N) is 3. The van der Waals surface area contributed by atoms with Crippen LogP contribution in [0.1, 0.15) is 21.8 Å². The Morgan fingerprint density at radius 1 is 1.53 bits per heavy atom. The maximum atomic E-state index is 11.7. The fraction of sp³-hybridized carbons (Fsp3) is 0.250. The van der Waals surface area contributed by atoms with Crippen LogP contribution < -0.4 is 5.32 Å². The lowest BCUT2D eigenvalue weighted by Gasteiger charge is -1.98. The Morgan fingerprint density at radius 2 is 2.33 bits per heavy atom. The lowest BCUT2D eigenvalue weighted by Crippen LogP contribution is -2.13. The summed E-state index contributed by atoms with van der Waals surface area (Å²) in [4.78, 5) is 11.7. The molecule has 0 radical (unpaired) electrons. The van der Waals surface area contributed by atoms with Gasteiger partial charge in [0.2, 0.25) is 5.13 Å². The number of nitrogens with one attached hydrogen (secondary N) is 1. The first-order chi connectivity index (χ1) is 7.18. The highest BCUT2D eigenvalue weighted by atomic mass is 32.1. The van der Waals surface area contributed by atoms with Crippen LogP contribution in [0.3, 0.4) is 0 Å². The summed E-state index contributed by atoms with van der Waals surface area (Å²) in [5.74, 6) is 0.220. The molecule has 1 N–H and O–H groups in total. The third kappa shape index (κ3) is 1.86. The summed E-state index contributed by atoms with van der Waals surface area (Å²) < 4.78 is 4.89. The smallest absolute Gasteiger partial charge is 0.263 e. The summed E-state index contributed by atoms with van der Waals surface area (Å²) in [5.41, 5.74) is 2.56. The van der Waals surface area contributed by atoms with Crippen LogP contribution in [0.25, 0.3) is 0 Å². The minimum Gasteiger partial charge on any atom is -0.361 e. The molecule has 15 heavy (non-hydrogen) atoms. The number of rotatable bonds is 2. The van der Waals surface area contributed by atoms with Crippen molar-refractivity contribution < 1.29 is 9.32 Å². The lowest BCUT2D eigenvalue weighted by atomic mass is 10.2. The van der Waals surface area contributed by atoms with Gasteiger partial charge in [-0.3, -0.25) is 10.1 Å². The van der Waals surface area contributed by atoms with Gasteiger partial charge in [0.15, 0.2) is 0 Å². The van der Waals surface area contributed by atoms with Crippen molar-refractivity contribution >= 4 is 22.4 Å². The van der Waals surface area contributed by atoms with Crippen molar-refractivity contribution in [3.05, 3.63) is 22.5 Å². The fourth-order valence-corrected chi connectivity index (χ4v) is 1.63. The van der Waals surface area contributed by atoms with Gasteiger partial charge in [0.05, 0.1) is 5.69 Å². The highest BCUT2D eigenvalue weighted by Crippen LogP contribution is 2.15. The molecule has 2 rings (SSSR count). The first kappa shape index (κ1) is 9.78. The van der Waals surface area contributed by atoms with Crippen molar-refractivity contribution in [1.29, 1.82) is 0 Å². The molecule has 0 aliphatic heterocycles. The van der Waals surface area contributed by atoms with Crippen LogP contribution in [0.5, 0.6) is 0 Å². The molecule has 1 amide bonds. The van der Waals surface area contributed by atoms with Gasteiger partial charge in [-0.05, 0) is 13.8 Å². The van der Waals surface area contributed by atoms with Gasteiger partial charge in [-0.15, -0.1) is 10.2 Å². The number of amides is 1. The Balaban J connectivity index is 2.22. The van der Waals surface area contributed by atoms with E-state index in [1.54, 1.807) is 19.4 Å². The highest BCUT2D eigenvalue weighted by molar-refractivity contribution is 7.13. The van der Waals surface area contributed by atoms with E-state index in [0.29, 0.717) is 22.1 Å². The molecule has 2 heterocycles. The zero-order chi connectivity index (χ0) is 10.8. The molecule has 2 aromatic rings. The summed E-state index contributed by atoms with van der Waals surface area (Å²) in [6.45, 7) is 3.40. The lowest BCUT2D eigenvalue weighted by molar-refractivity contribution is 0.102. The average molecular weight is 224 g/mol. The van der Waals surface area contributed by atoms with Crippen molar-refractivity contribution in [3.8, 4) is 0 Å². The zero-order valence-corrected chi connectivity index (χ0v) is 8.96. The normalized spacial score (nSPS) is 10.3. The van der Waals surface area contributed by atoms with E-state index in [-0.39, 0.29) is 5.91 Å². The molecule has 0 saturated heterocycles. The predicted molar refractivity (Wildman–Crippen MR) is 53.8 cm³/mol. The van der Waals surface area contributed by atoms with E-state index in [2.05, 4.69) is 20.7 Å². The third-order valence-corrected chi connectivity index (χ3v) is 2.45. The molecule has 0 spiro atoms. The van der Waals surface area contributed by atoms with Crippen LogP contribution in [0.4, 0.5) is 5.13 Å². The van der Waals surface area contributed by atoms with E-state index in [4.69, 9.17) is 4.52 Å². The monoisotopic (exact) mass is 224 g/mol. The fourth-order valence-electron chi connectivity index (χ4n) is 1.19. The van der Waals surface area contributed by atoms with Crippen molar-refractivity contribution in [2.75, 3.05) is 5.32 Å². The van der Waals surface area contributed by atoms with Gasteiger partial charge in [0, 0.05) is 0 Å². The van der Waals surface area contributed by atoms with Gasteiger partial charge in [0.1, 0.15) is 16.8 Å². The summed E-state index contributed by atoms with van der Waals surface area (Å²) in [5, 5.41) is 14.1. The average Bonchev–Trinajstić information content (AvgIpc) is 2.77. The maximum absolute atomic E-state index is 11.7. The van der Waals surface area contributed by atoms with Crippen LogP contribution in [0.15, 0.2) is 10.0 Å². The minimum absolute atomic E-state index is 0.275. The van der Waals surface area contributed by atoms with E-state index in [1.807, 2.05) is 0 Å². The second-order valence-corrected chi connectivity index (χ2v) is 3.73. The number of anilines is 1. The van der Waals surface area contributed by atoms with E-state index < -0.39 is 0 Å². The van der Waals surface area contributed by atoms with Crippen LogP contribution >= 0.6 is 11.3 Å². The predicted octanol–water partition coefficient (Wildman–Crippen LogP) is 1.40. The van der Waals surface area contributed by atoms with Crippen LogP contribution in [0.2, 0.25) is 0 Å². The first-order valence-corrected chi connectivity index (χ1v) is 5.07. The Kier molecular flexibility index (Phi) is 2.46. The zero-order valence-electron chi connectivity index (χ0n) is 8.14. The third-order valence-electron chi connectivity index (χ3n) is 1.84. The maximum Gasteiger partial charge on any atom is 0.263 e. The van der Waals surface area contributed by atoms with Gasteiger partial charge < -0.3 is 4.52 Å². The Bertz CT molecular complexity index is 457. The van der Waals surface area contributed by atoms with Crippen LogP contribution in [0, 0.1) is 13.8 Å². The quantitative estimate of drug-likeness (QED) is 0.833. The van der Waals surface area contributed by atoms with Gasteiger partial charge in [-0.2, -0.15) is 0 Å². The molecular weight excluding hydrogens is 216 g/mol. The SMILES string of the molecule is Cc1noc(C)c1C(=O)Nc1nncs1. The van der Waals surface area contributed by atoms with Gasteiger partial charge in [-0.1, -0.05) is 16.5 Å². The molecule has 0 unspecified atom stereocenters. The van der Waals surface area contributed by atoms with Crippen molar-refractivity contribution in [2.45, 2.75) is 13.8 Å². The van der Waals surface area contributed by atoms with E-state index in [0.717, 1.165) is 0 Å². The number of hydrogen-bond donors (Lipinski definition) is 1. The molecule has 7 heteroatoms. The standard InChI is InChI=1S/C8H8N4O2S/c1-4-6(5(2)14-12-4)7(13)10-8-11-9-3-15-8/h3H,1-2H3,(H,10,11,13). The van der Waals surface area contributed by atoms with Crippen molar-refractivity contribution in [3.63, 3.8) is 0 Å². The molecule has 78 valence electrons. The van der Waals surface area contributed by atoms with Crippen molar-refractivity contribution in [1.82, 2.24) is 15.4 Å². The molecule has 0 aliphatic carbocycles. The number of aryl methyl sites for hydroxylation is 2. The first-order valence-electron chi connectivity index (χ1n) is 4.19. The van der Waals surface area contributed by atoms with Gasteiger partial charge in [0.25, 0.3) is 5.91 Å². The summed E-state index contributed by atoms with van der Waals surface area (Å²) >= 11 is 1.26. The minimum atomic E-state index is -0.275. The molecule has 6 nitrogen and oxygen atoms in total. The number of carbonyl (C=O) groups excluding carboxylic acids is 1. The second kappa shape index (κ2) is 3.77. The van der Waals surface area contributed by atoms with Gasteiger partial charge >= 0.3 is 0 Å². The van der Waals surface area contributed by atoms with Crippen molar-refractivity contribution in [2.24, 2.45) is 0 Å². The van der Waals surface area contributed by atoms with E-state index in [1.165, 1.54) is 11.3 Å². The molecule has 0 aliphatic rings. The number of carbonyl (C=O) groups is 1. The van der Waals surface area contributed by atoms with Gasteiger partial charge in [-0.25, -0.2) is 0 Å². The number of hydrogen-bond acceptors (Lipinski definition) is 6.